The lowest BCUT2D eigenvalue weighted by Crippen LogP contribution is -2.51. The van der Waals surface area contributed by atoms with Crippen molar-refractivity contribution in [1.82, 2.24) is 4.90 Å². The van der Waals surface area contributed by atoms with Crippen molar-refractivity contribution in [3.05, 3.63) is 59.2 Å². The summed E-state index contributed by atoms with van der Waals surface area (Å²) in [5.74, 6) is 0.268. The van der Waals surface area contributed by atoms with Crippen molar-refractivity contribution in [3.63, 3.8) is 0 Å². The van der Waals surface area contributed by atoms with Crippen LogP contribution in [0.4, 0.5) is 0 Å². The van der Waals surface area contributed by atoms with E-state index in [1.807, 2.05) is 47.4 Å². The highest BCUT2D eigenvalue weighted by atomic mass is 16.5. The second kappa shape index (κ2) is 7.78. The number of carbonyl (C=O) groups is 2. The number of nitrogens with zero attached hydrogens (tertiary/aromatic N) is 1. The predicted octanol–water partition coefficient (Wildman–Crippen LogP) is 3.11. The molecule has 6 nitrogen and oxygen atoms in total. The number of rotatable bonds is 4. The topological polar surface area (TPSA) is 65.1 Å². The Morgan fingerprint density at radius 3 is 2.38 bits per heavy atom. The van der Waals surface area contributed by atoms with Crippen LogP contribution in [0.25, 0.3) is 0 Å². The van der Waals surface area contributed by atoms with Crippen LogP contribution >= 0.6 is 0 Å². The molecular formula is C23H25NO5. The maximum atomic E-state index is 13.1. The van der Waals surface area contributed by atoms with Gasteiger partial charge in [0.15, 0.2) is 11.5 Å². The molecule has 1 amide bonds. The highest BCUT2D eigenvalue weighted by Gasteiger charge is 2.49. The van der Waals surface area contributed by atoms with Crippen LogP contribution in [0, 0.1) is 5.92 Å². The molecule has 29 heavy (non-hydrogen) atoms. The third kappa shape index (κ3) is 3.22. The van der Waals surface area contributed by atoms with Crippen molar-refractivity contribution >= 4 is 11.9 Å². The van der Waals surface area contributed by atoms with E-state index in [9.17, 15) is 9.59 Å². The van der Waals surface area contributed by atoms with Gasteiger partial charge in [-0.2, -0.15) is 0 Å². The van der Waals surface area contributed by atoms with Gasteiger partial charge in [0.1, 0.15) is 0 Å². The number of ether oxygens (including phenoxy) is 3. The van der Waals surface area contributed by atoms with Crippen molar-refractivity contribution in [2.45, 2.75) is 24.8 Å². The summed E-state index contributed by atoms with van der Waals surface area (Å²) in [7, 11) is 4.59. The van der Waals surface area contributed by atoms with Gasteiger partial charge < -0.3 is 19.1 Å². The van der Waals surface area contributed by atoms with Crippen LogP contribution < -0.4 is 9.47 Å². The summed E-state index contributed by atoms with van der Waals surface area (Å²) in [4.78, 5) is 27.9. The molecule has 0 unspecified atom stereocenters. The molecule has 2 aromatic rings. The molecular weight excluding hydrogens is 370 g/mol. The number of hydrogen-bond acceptors (Lipinski definition) is 5. The fraction of sp³-hybridized carbons (Fsp3) is 0.391. The molecule has 0 spiro atoms. The summed E-state index contributed by atoms with van der Waals surface area (Å²) in [5, 5.41) is 0. The molecule has 0 saturated carbocycles. The summed E-state index contributed by atoms with van der Waals surface area (Å²) >= 11 is 0. The molecule has 0 aliphatic carbocycles. The third-order valence-corrected chi connectivity index (χ3v) is 6.11. The van der Waals surface area contributed by atoms with Gasteiger partial charge in [0, 0.05) is 18.9 Å². The molecule has 2 heterocycles. The van der Waals surface area contributed by atoms with E-state index in [0.29, 0.717) is 30.9 Å². The first-order valence-corrected chi connectivity index (χ1v) is 9.76. The van der Waals surface area contributed by atoms with Gasteiger partial charge in [-0.3, -0.25) is 9.59 Å². The summed E-state index contributed by atoms with van der Waals surface area (Å²) in [5.41, 5.74) is 2.97. The Hall–Kier alpha value is -3.02. The smallest absolute Gasteiger partial charge is 0.311 e. The largest absolute Gasteiger partial charge is 0.493 e. The summed E-state index contributed by atoms with van der Waals surface area (Å²) in [6, 6.07) is 13.2. The molecule has 152 valence electrons. The van der Waals surface area contributed by atoms with Gasteiger partial charge >= 0.3 is 5.97 Å². The Morgan fingerprint density at radius 1 is 1.03 bits per heavy atom. The van der Waals surface area contributed by atoms with Gasteiger partial charge in [0.25, 0.3) is 0 Å². The van der Waals surface area contributed by atoms with Crippen molar-refractivity contribution in [3.8, 4) is 11.5 Å². The number of amides is 1. The van der Waals surface area contributed by atoms with Crippen LogP contribution in [-0.4, -0.2) is 44.7 Å². The van der Waals surface area contributed by atoms with E-state index in [-0.39, 0.29) is 17.8 Å². The zero-order valence-electron chi connectivity index (χ0n) is 16.9. The molecule has 6 heteroatoms. The zero-order valence-corrected chi connectivity index (χ0v) is 16.9. The minimum Gasteiger partial charge on any atom is -0.493 e. The summed E-state index contributed by atoms with van der Waals surface area (Å²) in [6.45, 7) is 0.570. The third-order valence-electron chi connectivity index (χ3n) is 6.11. The van der Waals surface area contributed by atoms with E-state index in [0.717, 1.165) is 16.7 Å². The van der Waals surface area contributed by atoms with Gasteiger partial charge in [-0.15, -0.1) is 0 Å². The number of carbonyl (C=O) groups excluding carboxylic acids is 2. The Morgan fingerprint density at radius 2 is 1.72 bits per heavy atom. The Balaban J connectivity index is 1.87. The molecule has 0 aromatic heterocycles. The number of esters is 1. The van der Waals surface area contributed by atoms with E-state index >= 15 is 0 Å². The molecule has 2 aliphatic heterocycles. The standard InChI is InChI=1S/C23H25NO5/c1-27-18-11-15-9-10-24-20(25)13-16(14-7-5-4-6-8-14)21(23(26)29-3)22(24)17(15)12-19(18)28-2/h4-8,11-12,16,21-22H,9-10,13H2,1-3H3/t16-,21+,22+/m1/s1. The molecule has 0 radical (unpaired) electrons. The van der Waals surface area contributed by atoms with Gasteiger partial charge in [0.2, 0.25) is 5.91 Å². The second-order valence-corrected chi connectivity index (χ2v) is 7.46. The molecule has 0 N–H and O–H groups in total. The van der Waals surface area contributed by atoms with Crippen molar-refractivity contribution in [2.24, 2.45) is 5.92 Å². The number of piperidine rings is 1. The minimum atomic E-state index is -0.489. The van der Waals surface area contributed by atoms with Gasteiger partial charge in [-0.1, -0.05) is 30.3 Å². The number of hydrogen-bond donors (Lipinski definition) is 0. The molecule has 1 saturated heterocycles. The SMILES string of the molecule is COC(=O)[C@H]1[C@@H](c2ccccc2)CC(=O)N2CCc3cc(OC)c(OC)cc3[C@@H]12. The molecule has 1 fully saturated rings. The lowest BCUT2D eigenvalue weighted by Gasteiger charge is -2.47. The first-order valence-electron chi connectivity index (χ1n) is 9.76. The maximum Gasteiger partial charge on any atom is 0.311 e. The summed E-state index contributed by atoms with van der Waals surface area (Å²) < 4.78 is 16.2. The molecule has 2 aromatic carbocycles. The molecule has 0 bridgehead atoms. The predicted molar refractivity (Wildman–Crippen MR) is 107 cm³/mol. The van der Waals surface area contributed by atoms with Gasteiger partial charge in [-0.05, 0) is 35.2 Å². The molecule has 4 rings (SSSR count). The fourth-order valence-electron chi connectivity index (χ4n) is 4.75. The van der Waals surface area contributed by atoms with Crippen LogP contribution in [-0.2, 0) is 20.7 Å². The summed E-state index contributed by atoms with van der Waals surface area (Å²) in [6.07, 6.45) is 1.00. The number of methoxy groups -OCH3 is 3. The average molecular weight is 395 g/mol. The van der Waals surface area contributed by atoms with E-state index in [1.54, 1.807) is 14.2 Å². The van der Waals surface area contributed by atoms with E-state index in [4.69, 9.17) is 14.2 Å². The van der Waals surface area contributed by atoms with Crippen LogP contribution in [0.2, 0.25) is 0 Å². The van der Waals surface area contributed by atoms with E-state index < -0.39 is 12.0 Å². The number of benzene rings is 2. The van der Waals surface area contributed by atoms with Crippen molar-refractivity contribution in [2.75, 3.05) is 27.9 Å². The Bertz CT molecular complexity index is 926. The van der Waals surface area contributed by atoms with Gasteiger partial charge in [-0.25, -0.2) is 0 Å². The van der Waals surface area contributed by atoms with Crippen molar-refractivity contribution < 1.29 is 23.8 Å². The Labute approximate surface area is 170 Å². The van der Waals surface area contributed by atoms with Gasteiger partial charge in [0.05, 0.1) is 33.3 Å². The fourth-order valence-corrected chi connectivity index (χ4v) is 4.75. The van der Waals surface area contributed by atoms with Crippen LogP contribution in [0.15, 0.2) is 42.5 Å². The lowest BCUT2D eigenvalue weighted by atomic mass is 9.71. The highest BCUT2D eigenvalue weighted by Crippen LogP contribution is 2.49. The minimum absolute atomic E-state index is 0.0597. The van der Waals surface area contributed by atoms with E-state index in [1.165, 1.54) is 7.11 Å². The van der Waals surface area contributed by atoms with E-state index in [2.05, 4.69) is 0 Å². The molecule has 2 aliphatic rings. The maximum absolute atomic E-state index is 13.1. The number of fused-ring (bicyclic) bond motifs is 3. The highest BCUT2D eigenvalue weighted by molar-refractivity contribution is 5.85. The van der Waals surface area contributed by atoms with Crippen LogP contribution in [0.3, 0.4) is 0 Å². The van der Waals surface area contributed by atoms with Crippen LogP contribution in [0.5, 0.6) is 11.5 Å². The first-order chi connectivity index (χ1) is 14.1. The first kappa shape index (κ1) is 19.3. The zero-order chi connectivity index (χ0) is 20.5. The quantitative estimate of drug-likeness (QED) is 0.745. The van der Waals surface area contributed by atoms with Crippen molar-refractivity contribution in [1.29, 1.82) is 0 Å². The normalized spacial score (nSPS) is 23.1. The average Bonchev–Trinajstić information content (AvgIpc) is 2.77. The van der Waals surface area contributed by atoms with Crippen LogP contribution in [0.1, 0.15) is 35.1 Å². The molecule has 3 atom stereocenters. The Kier molecular flexibility index (Phi) is 5.18. The second-order valence-electron chi connectivity index (χ2n) is 7.46. The lowest BCUT2D eigenvalue weighted by molar-refractivity contribution is -0.156. The monoisotopic (exact) mass is 395 g/mol.